The van der Waals surface area contributed by atoms with Gasteiger partial charge in [0.1, 0.15) is 0 Å². The van der Waals surface area contributed by atoms with Crippen LogP contribution >= 0.6 is 11.8 Å². The molecule has 0 saturated carbocycles. The minimum atomic E-state index is -2.89. The second-order valence-corrected chi connectivity index (χ2v) is 8.89. The number of sulfone groups is 1. The summed E-state index contributed by atoms with van der Waals surface area (Å²) in [4.78, 5) is 13.9. The lowest BCUT2D eigenvalue weighted by atomic mass is 10.2. The Hall–Kier alpha value is -0.310. The lowest BCUT2D eigenvalue weighted by Crippen LogP contribution is -2.52. The fraction of sp³-hybridized carbons (Fsp3) is 0.917. The number of amides is 1. The molecular weight excluding hydrogens is 302 g/mol. The number of carbonyl (C=O) groups is 1. The maximum absolute atomic E-state index is 12.2. The van der Waals surface area contributed by atoms with E-state index in [1.54, 1.807) is 4.90 Å². The van der Waals surface area contributed by atoms with Crippen molar-refractivity contribution in [2.45, 2.75) is 30.7 Å². The van der Waals surface area contributed by atoms with E-state index < -0.39 is 9.84 Å². The van der Waals surface area contributed by atoms with Gasteiger partial charge in [0.2, 0.25) is 5.91 Å². The van der Waals surface area contributed by atoms with Gasteiger partial charge in [0, 0.05) is 11.8 Å². The zero-order valence-corrected chi connectivity index (χ0v) is 13.2. The fourth-order valence-corrected chi connectivity index (χ4v) is 5.97. The zero-order valence-electron chi connectivity index (χ0n) is 11.5. The SMILES string of the molecule is CC1COC(CO)CN1C(=O)CSC1CCS(=O)(=O)C1. The van der Waals surface area contributed by atoms with Crippen LogP contribution in [0.4, 0.5) is 0 Å². The van der Waals surface area contributed by atoms with Gasteiger partial charge in [0.25, 0.3) is 0 Å². The average molecular weight is 323 g/mol. The van der Waals surface area contributed by atoms with E-state index in [1.807, 2.05) is 6.92 Å². The molecule has 116 valence electrons. The highest BCUT2D eigenvalue weighted by Crippen LogP contribution is 2.25. The molecule has 1 amide bonds. The van der Waals surface area contributed by atoms with Crippen molar-refractivity contribution in [2.75, 3.05) is 37.0 Å². The second kappa shape index (κ2) is 6.64. The standard InChI is InChI=1S/C12H21NO5S2/c1-9-6-18-10(5-14)4-13(9)12(15)7-19-11-2-3-20(16,17)8-11/h9-11,14H,2-8H2,1H3. The van der Waals surface area contributed by atoms with Crippen molar-refractivity contribution >= 4 is 27.5 Å². The predicted octanol–water partition coefficient (Wildman–Crippen LogP) is -0.485. The van der Waals surface area contributed by atoms with Gasteiger partial charge in [0.05, 0.1) is 42.6 Å². The van der Waals surface area contributed by atoms with Crippen molar-refractivity contribution in [3.8, 4) is 0 Å². The molecule has 8 heteroatoms. The Morgan fingerprint density at radius 3 is 2.85 bits per heavy atom. The molecule has 0 radical (unpaired) electrons. The predicted molar refractivity (Wildman–Crippen MR) is 77.5 cm³/mol. The first-order chi connectivity index (χ1) is 9.41. The molecule has 2 aliphatic heterocycles. The van der Waals surface area contributed by atoms with Crippen molar-refractivity contribution in [3.05, 3.63) is 0 Å². The summed E-state index contributed by atoms with van der Waals surface area (Å²) in [5.74, 6) is 0.707. The van der Waals surface area contributed by atoms with E-state index in [0.29, 0.717) is 25.3 Å². The Morgan fingerprint density at radius 1 is 1.50 bits per heavy atom. The molecule has 1 N–H and O–H groups in total. The number of carbonyl (C=O) groups excluding carboxylic acids is 1. The van der Waals surface area contributed by atoms with Gasteiger partial charge in [-0.1, -0.05) is 0 Å². The van der Waals surface area contributed by atoms with E-state index in [2.05, 4.69) is 0 Å². The smallest absolute Gasteiger partial charge is 0.232 e. The Kier molecular flexibility index (Phi) is 5.33. The number of hydrogen-bond donors (Lipinski definition) is 1. The average Bonchev–Trinajstić information content (AvgIpc) is 2.76. The number of rotatable bonds is 4. The van der Waals surface area contributed by atoms with Crippen molar-refractivity contribution in [2.24, 2.45) is 0 Å². The van der Waals surface area contributed by atoms with Gasteiger partial charge in [-0.3, -0.25) is 4.79 Å². The first-order valence-corrected chi connectivity index (χ1v) is 9.62. The number of ether oxygens (including phenoxy) is 1. The molecular formula is C12H21NO5S2. The zero-order chi connectivity index (χ0) is 14.8. The number of aliphatic hydroxyl groups excluding tert-OH is 1. The molecule has 2 aliphatic rings. The van der Waals surface area contributed by atoms with Gasteiger partial charge in [-0.15, -0.1) is 11.8 Å². The molecule has 2 rings (SSSR count). The summed E-state index contributed by atoms with van der Waals surface area (Å²) in [5, 5.41) is 9.14. The summed E-state index contributed by atoms with van der Waals surface area (Å²) in [6.45, 7) is 2.65. The molecule has 2 saturated heterocycles. The summed E-state index contributed by atoms with van der Waals surface area (Å²) in [7, 11) is -2.89. The third-order valence-electron chi connectivity index (χ3n) is 3.66. The van der Waals surface area contributed by atoms with Gasteiger partial charge in [-0.05, 0) is 13.3 Å². The van der Waals surface area contributed by atoms with Gasteiger partial charge in [0.15, 0.2) is 9.84 Å². The molecule has 2 fully saturated rings. The first-order valence-electron chi connectivity index (χ1n) is 6.75. The molecule has 0 bridgehead atoms. The Balaban J connectivity index is 1.82. The van der Waals surface area contributed by atoms with Crippen LogP contribution in [0, 0.1) is 0 Å². The minimum absolute atomic E-state index is 0.00166. The van der Waals surface area contributed by atoms with E-state index in [1.165, 1.54) is 11.8 Å². The molecule has 2 heterocycles. The summed E-state index contributed by atoms with van der Waals surface area (Å²) in [6.07, 6.45) is 0.324. The lowest BCUT2D eigenvalue weighted by molar-refractivity contribution is -0.143. The van der Waals surface area contributed by atoms with E-state index in [9.17, 15) is 13.2 Å². The van der Waals surface area contributed by atoms with Gasteiger partial charge < -0.3 is 14.7 Å². The summed E-state index contributed by atoms with van der Waals surface area (Å²) >= 11 is 1.43. The van der Waals surface area contributed by atoms with Crippen LogP contribution < -0.4 is 0 Å². The lowest BCUT2D eigenvalue weighted by Gasteiger charge is -2.37. The first kappa shape index (κ1) is 16.1. The molecule has 0 aromatic carbocycles. The number of hydrogen-bond acceptors (Lipinski definition) is 6. The van der Waals surface area contributed by atoms with Crippen LogP contribution in [0.2, 0.25) is 0 Å². The second-order valence-electron chi connectivity index (χ2n) is 5.37. The largest absolute Gasteiger partial charge is 0.394 e. The minimum Gasteiger partial charge on any atom is -0.394 e. The van der Waals surface area contributed by atoms with Gasteiger partial charge in [-0.2, -0.15) is 0 Å². The van der Waals surface area contributed by atoms with Gasteiger partial charge >= 0.3 is 0 Å². The van der Waals surface area contributed by atoms with Crippen molar-refractivity contribution < 1.29 is 23.1 Å². The topological polar surface area (TPSA) is 83.9 Å². The fourth-order valence-electron chi connectivity index (χ4n) is 2.44. The van der Waals surface area contributed by atoms with Crippen LogP contribution in [0.25, 0.3) is 0 Å². The van der Waals surface area contributed by atoms with Crippen LogP contribution in [-0.4, -0.2) is 78.7 Å². The van der Waals surface area contributed by atoms with Crippen LogP contribution in [0.1, 0.15) is 13.3 Å². The third-order valence-corrected chi connectivity index (χ3v) is 6.93. The molecule has 0 aromatic heterocycles. The van der Waals surface area contributed by atoms with Gasteiger partial charge in [-0.25, -0.2) is 8.42 Å². The third kappa shape index (κ3) is 4.09. The van der Waals surface area contributed by atoms with Crippen LogP contribution in [0.5, 0.6) is 0 Å². The monoisotopic (exact) mass is 323 g/mol. The van der Waals surface area contributed by atoms with Crippen LogP contribution in [-0.2, 0) is 19.4 Å². The summed E-state index contributed by atoms with van der Waals surface area (Å²) in [5.41, 5.74) is 0. The molecule has 3 unspecified atom stereocenters. The number of aliphatic hydroxyl groups is 1. The highest BCUT2D eigenvalue weighted by molar-refractivity contribution is 8.02. The van der Waals surface area contributed by atoms with Crippen LogP contribution in [0.15, 0.2) is 0 Å². The van der Waals surface area contributed by atoms with Crippen molar-refractivity contribution in [1.29, 1.82) is 0 Å². The molecule has 20 heavy (non-hydrogen) atoms. The van der Waals surface area contributed by atoms with E-state index >= 15 is 0 Å². The Bertz CT molecular complexity index is 453. The normalized spacial score (nSPS) is 33.3. The van der Waals surface area contributed by atoms with E-state index in [4.69, 9.17) is 9.84 Å². The molecule has 0 spiro atoms. The molecule has 0 aliphatic carbocycles. The summed E-state index contributed by atoms with van der Waals surface area (Å²) < 4.78 is 28.1. The molecule has 0 aromatic rings. The molecule has 3 atom stereocenters. The highest BCUT2D eigenvalue weighted by Gasteiger charge is 2.32. The Labute approximate surface area is 123 Å². The van der Waals surface area contributed by atoms with Crippen molar-refractivity contribution in [3.63, 3.8) is 0 Å². The number of nitrogens with zero attached hydrogens (tertiary/aromatic N) is 1. The number of morpholine rings is 1. The molecule has 6 nitrogen and oxygen atoms in total. The maximum atomic E-state index is 12.2. The highest BCUT2D eigenvalue weighted by atomic mass is 32.2. The van der Waals surface area contributed by atoms with Crippen LogP contribution in [0.3, 0.4) is 0 Å². The quantitative estimate of drug-likeness (QED) is 0.752. The Morgan fingerprint density at radius 2 is 2.25 bits per heavy atom. The number of thioether (sulfide) groups is 1. The maximum Gasteiger partial charge on any atom is 0.232 e. The van der Waals surface area contributed by atoms with E-state index in [-0.39, 0.29) is 41.4 Å². The van der Waals surface area contributed by atoms with Crippen molar-refractivity contribution in [1.82, 2.24) is 4.90 Å². The van der Waals surface area contributed by atoms with E-state index in [0.717, 1.165) is 0 Å². The summed E-state index contributed by atoms with van der Waals surface area (Å²) in [6, 6.07) is -0.00166.